The Kier molecular flexibility index (Phi) is 7.45. The van der Waals surface area contributed by atoms with Crippen LogP contribution in [0, 0.1) is 17.8 Å². The molecule has 0 amide bonds. The minimum atomic E-state index is -0.218. The standard InChI is InChI=1S/C25H34N2O3S2/c1-5-12-27-24(29)22-18-8-6-7-9-20(18)32-23(22)26-25(27)31-14-21(28)30-19-13-16(4)10-11-17(19)15(2)3/h5,15-17,19H,1,6-14H2,2-4H3/t16-,17+,19-/m1/s1. The number of carbonyl (C=O) groups is 1. The van der Waals surface area contributed by atoms with Crippen LogP contribution >= 0.6 is 23.1 Å². The van der Waals surface area contributed by atoms with Gasteiger partial charge in [-0.3, -0.25) is 14.2 Å². The monoisotopic (exact) mass is 474 g/mol. The molecule has 2 aromatic heterocycles. The molecule has 0 bridgehead atoms. The normalized spacial score (nSPS) is 23.3. The number of hydrogen-bond donors (Lipinski definition) is 0. The summed E-state index contributed by atoms with van der Waals surface area (Å²) in [7, 11) is 0. The first-order valence-electron chi connectivity index (χ1n) is 11.9. The fourth-order valence-corrected chi connectivity index (χ4v) is 7.29. The molecule has 0 unspecified atom stereocenters. The first-order chi connectivity index (χ1) is 15.4. The summed E-state index contributed by atoms with van der Waals surface area (Å²) >= 11 is 2.95. The van der Waals surface area contributed by atoms with E-state index in [4.69, 9.17) is 9.72 Å². The Morgan fingerprint density at radius 2 is 2.12 bits per heavy atom. The maximum absolute atomic E-state index is 13.3. The zero-order chi connectivity index (χ0) is 22.8. The van der Waals surface area contributed by atoms with Crippen LogP contribution in [-0.2, 0) is 28.9 Å². The van der Waals surface area contributed by atoms with Gasteiger partial charge in [0, 0.05) is 11.4 Å². The van der Waals surface area contributed by atoms with Gasteiger partial charge in [-0.15, -0.1) is 17.9 Å². The lowest BCUT2D eigenvalue weighted by atomic mass is 9.75. The summed E-state index contributed by atoms with van der Waals surface area (Å²) < 4.78 is 7.61. The molecule has 4 rings (SSSR count). The van der Waals surface area contributed by atoms with Crippen molar-refractivity contribution in [1.29, 1.82) is 0 Å². The van der Waals surface area contributed by atoms with Gasteiger partial charge >= 0.3 is 5.97 Å². The highest BCUT2D eigenvalue weighted by atomic mass is 32.2. The van der Waals surface area contributed by atoms with Crippen molar-refractivity contribution >= 4 is 39.3 Å². The van der Waals surface area contributed by atoms with Gasteiger partial charge < -0.3 is 4.74 Å². The predicted molar refractivity (Wildman–Crippen MR) is 133 cm³/mol. The topological polar surface area (TPSA) is 61.2 Å². The summed E-state index contributed by atoms with van der Waals surface area (Å²) in [5.41, 5.74) is 1.18. The third kappa shape index (κ3) is 4.84. The van der Waals surface area contributed by atoms with Crippen LogP contribution in [0.15, 0.2) is 22.6 Å². The van der Waals surface area contributed by atoms with Gasteiger partial charge in [0.25, 0.3) is 5.56 Å². The van der Waals surface area contributed by atoms with Crippen LogP contribution in [0.25, 0.3) is 10.2 Å². The van der Waals surface area contributed by atoms with Crippen LogP contribution in [0.1, 0.15) is 63.3 Å². The van der Waals surface area contributed by atoms with E-state index in [1.165, 1.54) is 35.0 Å². The Balaban J connectivity index is 1.53. The van der Waals surface area contributed by atoms with Crippen molar-refractivity contribution in [1.82, 2.24) is 9.55 Å². The molecule has 0 aliphatic heterocycles. The highest BCUT2D eigenvalue weighted by Crippen LogP contribution is 2.36. The van der Waals surface area contributed by atoms with Crippen molar-refractivity contribution in [2.24, 2.45) is 17.8 Å². The first-order valence-corrected chi connectivity index (χ1v) is 13.7. The fourth-order valence-electron chi connectivity index (χ4n) is 5.20. The molecular weight excluding hydrogens is 440 g/mol. The Hall–Kier alpha value is -1.60. The van der Waals surface area contributed by atoms with E-state index in [-0.39, 0.29) is 23.4 Å². The molecule has 2 aliphatic rings. The van der Waals surface area contributed by atoms with Gasteiger partial charge in [-0.2, -0.15) is 0 Å². The average Bonchev–Trinajstić information content (AvgIpc) is 3.13. The summed E-state index contributed by atoms with van der Waals surface area (Å²) in [5.74, 6) is 1.45. The Labute approximate surface area is 198 Å². The highest BCUT2D eigenvalue weighted by molar-refractivity contribution is 7.99. The number of rotatable bonds is 7. The molecule has 174 valence electrons. The van der Waals surface area contributed by atoms with E-state index in [9.17, 15) is 9.59 Å². The second-order valence-electron chi connectivity index (χ2n) is 9.63. The van der Waals surface area contributed by atoms with Gasteiger partial charge in [-0.1, -0.05) is 45.0 Å². The second kappa shape index (κ2) is 10.1. The molecule has 0 N–H and O–H groups in total. The van der Waals surface area contributed by atoms with E-state index >= 15 is 0 Å². The van der Waals surface area contributed by atoms with Crippen LogP contribution < -0.4 is 5.56 Å². The van der Waals surface area contributed by atoms with Crippen LogP contribution in [0.4, 0.5) is 0 Å². The third-order valence-electron chi connectivity index (χ3n) is 6.91. The average molecular weight is 475 g/mol. The van der Waals surface area contributed by atoms with E-state index < -0.39 is 0 Å². The molecule has 1 saturated carbocycles. The summed E-state index contributed by atoms with van der Waals surface area (Å²) in [6.07, 6.45) is 9.24. The number of aryl methyl sites for hydroxylation is 2. The van der Waals surface area contributed by atoms with Gasteiger partial charge in [0.05, 0.1) is 11.1 Å². The number of thiophene rings is 1. The van der Waals surface area contributed by atoms with Crippen molar-refractivity contribution in [3.05, 3.63) is 33.4 Å². The van der Waals surface area contributed by atoms with Crippen LogP contribution in [0.2, 0.25) is 0 Å². The smallest absolute Gasteiger partial charge is 0.316 e. The Morgan fingerprint density at radius 3 is 2.88 bits per heavy atom. The van der Waals surface area contributed by atoms with Crippen LogP contribution in [-0.4, -0.2) is 27.4 Å². The second-order valence-corrected chi connectivity index (χ2v) is 11.7. The van der Waals surface area contributed by atoms with Crippen molar-refractivity contribution < 1.29 is 9.53 Å². The molecule has 0 aromatic carbocycles. The van der Waals surface area contributed by atoms with Gasteiger partial charge in [0.1, 0.15) is 10.9 Å². The quantitative estimate of drug-likeness (QED) is 0.226. The van der Waals surface area contributed by atoms with Gasteiger partial charge in [0.2, 0.25) is 0 Å². The zero-order valence-corrected chi connectivity index (χ0v) is 21.0. The highest BCUT2D eigenvalue weighted by Gasteiger charge is 2.33. The van der Waals surface area contributed by atoms with Crippen molar-refractivity contribution in [2.45, 2.75) is 83.5 Å². The third-order valence-corrected chi connectivity index (χ3v) is 9.05. The maximum atomic E-state index is 13.3. The molecule has 0 spiro atoms. The van der Waals surface area contributed by atoms with E-state index in [1.807, 2.05) is 0 Å². The maximum Gasteiger partial charge on any atom is 0.316 e. The van der Waals surface area contributed by atoms with E-state index in [1.54, 1.807) is 22.0 Å². The van der Waals surface area contributed by atoms with Gasteiger partial charge in [-0.05, 0) is 61.8 Å². The minimum Gasteiger partial charge on any atom is -0.461 e. The lowest BCUT2D eigenvalue weighted by molar-refractivity contribution is -0.152. The molecule has 7 heteroatoms. The summed E-state index contributed by atoms with van der Waals surface area (Å²) in [6, 6.07) is 0. The van der Waals surface area contributed by atoms with Gasteiger partial charge in [-0.25, -0.2) is 4.98 Å². The van der Waals surface area contributed by atoms with Crippen molar-refractivity contribution in [3.8, 4) is 0 Å². The van der Waals surface area contributed by atoms with Crippen molar-refractivity contribution in [2.75, 3.05) is 5.75 Å². The summed E-state index contributed by atoms with van der Waals surface area (Å²) in [5, 5.41) is 1.35. The molecule has 1 fully saturated rings. The largest absolute Gasteiger partial charge is 0.461 e. The number of nitrogens with zero attached hydrogens (tertiary/aromatic N) is 2. The van der Waals surface area contributed by atoms with E-state index in [0.29, 0.717) is 29.5 Å². The van der Waals surface area contributed by atoms with E-state index in [0.717, 1.165) is 42.3 Å². The number of thioether (sulfide) groups is 1. The van der Waals surface area contributed by atoms with Crippen molar-refractivity contribution in [3.63, 3.8) is 0 Å². The molecule has 32 heavy (non-hydrogen) atoms. The predicted octanol–water partition coefficient (Wildman–Crippen LogP) is 5.62. The number of hydrogen-bond acceptors (Lipinski definition) is 6. The number of carbonyl (C=O) groups excluding carboxylic acids is 1. The van der Waals surface area contributed by atoms with Crippen LogP contribution in [0.3, 0.4) is 0 Å². The lowest BCUT2D eigenvalue weighted by Gasteiger charge is -2.36. The molecule has 5 nitrogen and oxygen atoms in total. The van der Waals surface area contributed by atoms with Gasteiger partial charge in [0.15, 0.2) is 5.16 Å². The zero-order valence-electron chi connectivity index (χ0n) is 19.4. The molecule has 2 aromatic rings. The Morgan fingerprint density at radius 1 is 1.34 bits per heavy atom. The van der Waals surface area contributed by atoms with E-state index in [2.05, 4.69) is 27.4 Å². The minimum absolute atomic E-state index is 0.00820. The summed E-state index contributed by atoms with van der Waals surface area (Å²) in [6.45, 7) is 10.9. The molecule has 2 heterocycles. The molecule has 3 atom stereocenters. The summed E-state index contributed by atoms with van der Waals surface area (Å²) in [4.78, 5) is 33.0. The van der Waals surface area contributed by atoms with Crippen LogP contribution in [0.5, 0.6) is 0 Å². The SMILES string of the molecule is C=CCn1c(SCC(=O)O[C@@H]2C[C@H](C)CC[C@H]2C(C)C)nc2sc3c(c2c1=O)CCCC3. The molecular formula is C25H34N2O3S2. The molecule has 0 saturated heterocycles. The molecule has 2 aliphatic carbocycles. The fraction of sp³-hybridized carbons (Fsp3) is 0.640. The number of allylic oxidation sites excluding steroid dienone is 1. The number of ether oxygens (including phenoxy) is 1. The number of esters is 1. The Bertz CT molecular complexity index is 1060. The number of aromatic nitrogens is 2. The first kappa shape index (κ1) is 23.6. The number of fused-ring (bicyclic) bond motifs is 3. The lowest BCUT2D eigenvalue weighted by Crippen LogP contribution is -2.36. The molecule has 0 radical (unpaired) electrons.